The van der Waals surface area contributed by atoms with Crippen molar-refractivity contribution in [1.82, 2.24) is 5.32 Å². The Balaban J connectivity index is 2.06. The number of carbonyl (C=O) groups excluding carboxylic acids is 1. The first-order chi connectivity index (χ1) is 8.70. The number of methoxy groups -OCH3 is 1. The minimum Gasteiger partial charge on any atom is -0.497 e. The Morgan fingerprint density at radius 3 is 2.72 bits per heavy atom. The summed E-state index contributed by atoms with van der Waals surface area (Å²) in [5, 5.41) is 6.97. The van der Waals surface area contributed by atoms with Crippen molar-refractivity contribution < 1.29 is 9.53 Å². The highest BCUT2D eigenvalue weighted by Crippen LogP contribution is 2.16. The summed E-state index contributed by atoms with van der Waals surface area (Å²) in [6.07, 6.45) is 0.925. The third-order valence-electron chi connectivity index (χ3n) is 2.96. The van der Waals surface area contributed by atoms with Crippen LogP contribution in [0.2, 0.25) is 0 Å². The Kier molecular flexibility index (Phi) is 3.82. The summed E-state index contributed by atoms with van der Waals surface area (Å²) in [7, 11) is 1.62. The third-order valence-corrected chi connectivity index (χ3v) is 2.96. The standard InChI is InChI=1S/C13H17N3O2/c1-9-7-8-14-13(17)12(9)16-15-10-3-5-11(18-2)6-4-10/h3-6,9,15H,7-8H2,1-2H3,(H,14,17). The van der Waals surface area contributed by atoms with E-state index in [1.807, 2.05) is 31.2 Å². The van der Waals surface area contributed by atoms with Crippen LogP contribution in [0.25, 0.3) is 0 Å². The molecule has 2 N–H and O–H groups in total. The van der Waals surface area contributed by atoms with Crippen molar-refractivity contribution in [2.45, 2.75) is 13.3 Å². The predicted molar refractivity (Wildman–Crippen MR) is 70.8 cm³/mol. The largest absolute Gasteiger partial charge is 0.497 e. The number of hydrogen-bond donors (Lipinski definition) is 2. The molecule has 1 amide bonds. The zero-order chi connectivity index (χ0) is 13.0. The molecule has 18 heavy (non-hydrogen) atoms. The Labute approximate surface area is 106 Å². The van der Waals surface area contributed by atoms with Crippen LogP contribution in [0, 0.1) is 5.92 Å². The van der Waals surface area contributed by atoms with Gasteiger partial charge in [-0.3, -0.25) is 10.2 Å². The molecular formula is C13H17N3O2. The van der Waals surface area contributed by atoms with Gasteiger partial charge in [0.1, 0.15) is 11.5 Å². The predicted octanol–water partition coefficient (Wildman–Crippen LogP) is 1.62. The smallest absolute Gasteiger partial charge is 0.267 e. The van der Waals surface area contributed by atoms with Gasteiger partial charge in [0, 0.05) is 12.5 Å². The number of hydrazone groups is 1. The van der Waals surface area contributed by atoms with Crippen LogP contribution >= 0.6 is 0 Å². The number of carbonyl (C=O) groups is 1. The molecule has 5 nitrogen and oxygen atoms in total. The van der Waals surface area contributed by atoms with Gasteiger partial charge in [-0.1, -0.05) is 6.92 Å². The number of ether oxygens (including phenoxy) is 1. The second kappa shape index (κ2) is 5.53. The first kappa shape index (κ1) is 12.4. The summed E-state index contributed by atoms with van der Waals surface area (Å²) in [5.74, 6) is 0.885. The quantitative estimate of drug-likeness (QED) is 0.798. The topological polar surface area (TPSA) is 62.7 Å². The summed E-state index contributed by atoms with van der Waals surface area (Å²) in [6.45, 7) is 2.73. The fourth-order valence-electron chi connectivity index (χ4n) is 1.80. The minimum atomic E-state index is -0.0882. The molecule has 0 bridgehead atoms. The zero-order valence-corrected chi connectivity index (χ0v) is 10.6. The van der Waals surface area contributed by atoms with Crippen LogP contribution in [0.5, 0.6) is 5.75 Å². The normalized spacial score (nSPS) is 21.6. The Morgan fingerprint density at radius 2 is 2.11 bits per heavy atom. The second-order valence-electron chi connectivity index (χ2n) is 4.28. The van der Waals surface area contributed by atoms with E-state index in [1.54, 1.807) is 7.11 Å². The van der Waals surface area contributed by atoms with E-state index in [0.717, 1.165) is 24.4 Å². The van der Waals surface area contributed by atoms with Crippen LogP contribution in [-0.2, 0) is 4.79 Å². The Bertz CT molecular complexity index is 454. The Morgan fingerprint density at radius 1 is 1.39 bits per heavy atom. The molecule has 1 aliphatic rings. The molecule has 1 saturated heterocycles. The van der Waals surface area contributed by atoms with Crippen LogP contribution in [0.3, 0.4) is 0 Å². The fourth-order valence-corrected chi connectivity index (χ4v) is 1.80. The first-order valence-corrected chi connectivity index (χ1v) is 5.96. The summed E-state index contributed by atoms with van der Waals surface area (Å²) in [4.78, 5) is 11.6. The molecule has 0 aliphatic carbocycles. The highest BCUT2D eigenvalue weighted by Gasteiger charge is 2.23. The number of rotatable bonds is 3. The highest BCUT2D eigenvalue weighted by molar-refractivity contribution is 6.40. The lowest BCUT2D eigenvalue weighted by molar-refractivity contribution is -0.115. The molecule has 1 unspecified atom stereocenters. The van der Waals surface area contributed by atoms with Gasteiger partial charge in [0.05, 0.1) is 12.8 Å². The monoisotopic (exact) mass is 247 g/mol. The number of piperidine rings is 1. The number of amides is 1. The number of benzene rings is 1. The van der Waals surface area contributed by atoms with Crippen molar-refractivity contribution in [1.29, 1.82) is 0 Å². The third kappa shape index (κ3) is 2.80. The SMILES string of the molecule is COc1ccc(NN=C2C(=O)NCCC2C)cc1. The van der Waals surface area contributed by atoms with E-state index in [-0.39, 0.29) is 11.8 Å². The van der Waals surface area contributed by atoms with Gasteiger partial charge in [0.25, 0.3) is 5.91 Å². The molecule has 96 valence electrons. The van der Waals surface area contributed by atoms with Gasteiger partial charge in [-0.2, -0.15) is 5.10 Å². The van der Waals surface area contributed by atoms with Crippen LogP contribution in [0.1, 0.15) is 13.3 Å². The van der Waals surface area contributed by atoms with E-state index in [0.29, 0.717) is 5.71 Å². The van der Waals surface area contributed by atoms with Crippen molar-refractivity contribution in [3.8, 4) is 5.75 Å². The molecule has 0 radical (unpaired) electrons. The van der Waals surface area contributed by atoms with Crippen molar-refractivity contribution in [3.05, 3.63) is 24.3 Å². The molecular weight excluding hydrogens is 230 g/mol. The van der Waals surface area contributed by atoms with Gasteiger partial charge in [0.2, 0.25) is 0 Å². The van der Waals surface area contributed by atoms with Crippen molar-refractivity contribution in [3.63, 3.8) is 0 Å². The van der Waals surface area contributed by atoms with Crippen LogP contribution in [-0.4, -0.2) is 25.3 Å². The van der Waals surface area contributed by atoms with E-state index < -0.39 is 0 Å². The Hall–Kier alpha value is -2.04. The summed E-state index contributed by atoms with van der Waals surface area (Å²) >= 11 is 0. The van der Waals surface area contributed by atoms with Crippen molar-refractivity contribution in [2.75, 3.05) is 19.1 Å². The number of nitrogens with one attached hydrogen (secondary N) is 2. The molecule has 2 rings (SSSR count). The number of nitrogens with zero attached hydrogens (tertiary/aromatic N) is 1. The van der Waals surface area contributed by atoms with E-state index >= 15 is 0 Å². The molecule has 1 atom stereocenters. The van der Waals surface area contributed by atoms with E-state index in [2.05, 4.69) is 15.8 Å². The average Bonchev–Trinajstić information content (AvgIpc) is 2.39. The second-order valence-corrected chi connectivity index (χ2v) is 4.28. The maximum atomic E-state index is 11.6. The van der Waals surface area contributed by atoms with Gasteiger partial charge < -0.3 is 10.1 Å². The molecule has 1 aromatic rings. The lowest BCUT2D eigenvalue weighted by Crippen LogP contribution is -2.42. The molecule has 0 saturated carbocycles. The maximum Gasteiger partial charge on any atom is 0.267 e. The summed E-state index contributed by atoms with van der Waals surface area (Å²) in [5.41, 5.74) is 4.28. The van der Waals surface area contributed by atoms with E-state index in [1.165, 1.54) is 0 Å². The van der Waals surface area contributed by atoms with E-state index in [9.17, 15) is 4.79 Å². The molecule has 0 aromatic heterocycles. The summed E-state index contributed by atoms with van der Waals surface area (Å²) < 4.78 is 5.07. The van der Waals surface area contributed by atoms with Crippen LogP contribution < -0.4 is 15.5 Å². The lowest BCUT2D eigenvalue weighted by atomic mass is 9.98. The molecule has 5 heteroatoms. The van der Waals surface area contributed by atoms with Gasteiger partial charge in [-0.05, 0) is 30.7 Å². The van der Waals surface area contributed by atoms with Gasteiger partial charge in [-0.25, -0.2) is 0 Å². The molecule has 1 aliphatic heterocycles. The molecule has 1 heterocycles. The zero-order valence-electron chi connectivity index (χ0n) is 10.6. The first-order valence-electron chi connectivity index (χ1n) is 5.96. The average molecular weight is 247 g/mol. The fraction of sp³-hybridized carbons (Fsp3) is 0.385. The number of hydrogen-bond acceptors (Lipinski definition) is 4. The number of anilines is 1. The molecule has 0 spiro atoms. The molecule has 1 fully saturated rings. The van der Waals surface area contributed by atoms with Crippen LogP contribution in [0.4, 0.5) is 5.69 Å². The highest BCUT2D eigenvalue weighted by atomic mass is 16.5. The van der Waals surface area contributed by atoms with E-state index in [4.69, 9.17) is 4.74 Å². The van der Waals surface area contributed by atoms with Crippen molar-refractivity contribution >= 4 is 17.3 Å². The lowest BCUT2D eigenvalue weighted by Gasteiger charge is -2.20. The van der Waals surface area contributed by atoms with Gasteiger partial charge >= 0.3 is 0 Å². The maximum absolute atomic E-state index is 11.6. The van der Waals surface area contributed by atoms with Crippen LogP contribution in [0.15, 0.2) is 29.4 Å². The van der Waals surface area contributed by atoms with Gasteiger partial charge in [0.15, 0.2) is 0 Å². The minimum absolute atomic E-state index is 0.0882. The van der Waals surface area contributed by atoms with Gasteiger partial charge in [-0.15, -0.1) is 0 Å². The molecule has 1 aromatic carbocycles. The van der Waals surface area contributed by atoms with Crippen molar-refractivity contribution in [2.24, 2.45) is 11.0 Å². The summed E-state index contributed by atoms with van der Waals surface area (Å²) in [6, 6.07) is 7.39.